The number of benzene rings is 1. The summed E-state index contributed by atoms with van der Waals surface area (Å²) in [5.41, 5.74) is 2.41. The van der Waals surface area contributed by atoms with E-state index in [1.54, 1.807) is 0 Å². The summed E-state index contributed by atoms with van der Waals surface area (Å²) in [5, 5.41) is 5.91. The maximum atomic E-state index is 4.64. The first-order valence-electron chi connectivity index (χ1n) is 5.30. The summed E-state index contributed by atoms with van der Waals surface area (Å²) in [6.07, 6.45) is 0.979. The van der Waals surface area contributed by atoms with Crippen molar-refractivity contribution in [2.24, 2.45) is 0 Å². The third-order valence-electron chi connectivity index (χ3n) is 2.57. The van der Waals surface area contributed by atoms with E-state index in [-0.39, 0.29) is 0 Å². The Morgan fingerprint density at radius 2 is 2.13 bits per heavy atom. The van der Waals surface area contributed by atoms with Crippen LogP contribution in [-0.2, 0) is 6.42 Å². The number of halogens is 1. The van der Waals surface area contributed by atoms with Gasteiger partial charge < -0.3 is 0 Å². The molecule has 2 aromatic rings. The molecule has 3 heteroatoms. The second-order valence-electron chi connectivity index (χ2n) is 4.00. The molecule has 0 aliphatic rings. The van der Waals surface area contributed by atoms with Crippen molar-refractivity contribution in [1.82, 2.24) is 9.78 Å². The van der Waals surface area contributed by atoms with E-state index in [2.05, 4.69) is 64.7 Å². The van der Waals surface area contributed by atoms with Crippen LogP contribution in [0.3, 0.4) is 0 Å². The second kappa shape index (κ2) is 3.97. The van der Waals surface area contributed by atoms with E-state index in [1.165, 1.54) is 16.6 Å². The lowest BCUT2D eigenvalue weighted by Crippen LogP contribution is -2.02. The third kappa shape index (κ3) is 1.81. The fraction of sp³-hybridized carbons (Fsp3) is 0.417. The molecule has 1 aromatic carbocycles. The lowest BCUT2D eigenvalue weighted by atomic mass is 10.2. The molecule has 1 heterocycles. The van der Waals surface area contributed by atoms with Gasteiger partial charge in [0.2, 0.25) is 0 Å². The van der Waals surface area contributed by atoms with E-state index >= 15 is 0 Å². The predicted octanol–water partition coefficient (Wildman–Crippen LogP) is 3.94. The Balaban J connectivity index is 2.75. The zero-order chi connectivity index (χ0) is 11.0. The fourth-order valence-corrected chi connectivity index (χ4v) is 2.19. The largest absolute Gasteiger partial charge is 0.262 e. The molecule has 0 fully saturated rings. The predicted molar refractivity (Wildman–Crippen MR) is 67.2 cm³/mol. The Morgan fingerprint density at radius 1 is 1.40 bits per heavy atom. The van der Waals surface area contributed by atoms with Crippen LogP contribution in [0.2, 0.25) is 0 Å². The highest BCUT2D eigenvalue weighted by atomic mass is 79.9. The molecule has 0 unspecified atom stereocenters. The molecule has 2 rings (SSSR count). The average molecular weight is 267 g/mol. The highest BCUT2D eigenvalue weighted by Gasteiger charge is 2.10. The minimum atomic E-state index is 0.411. The number of aromatic nitrogens is 2. The monoisotopic (exact) mass is 266 g/mol. The molecule has 0 saturated heterocycles. The van der Waals surface area contributed by atoms with Gasteiger partial charge in [-0.2, -0.15) is 5.10 Å². The van der Waals surface area contributed by atoms with Crippen molar-refractivity contribution in [3.05, 3.63) is 28.4 Å². The SMILES string of the molecule is CCc1nn(C(C)C)c2ccc(Br)cc12. The molecule has 80 valence electrons. The number of nitrogens with zero attached hydrogens (tertiary/aromatic N) is 2. The van der Waals surface area contributed by atoms with Crippen LogP contribution in [0.1, 0.15) is 32.5 Å². The molecule has 0 bridgehead atoms. The summed E-state index contributed by atoms with van der Waals surface area (Å²) < 4.78 is 3.22. The van der Waals surface area contributed by atoms with Gasteiger partial charge in [0.05, 0.1) is 11.2 Å². The molecule has 0 amide bonds. The first kappa shape index (κ1) is 10.7. The molecular formula is C12H15BrN2. The normalized spacial score (nSPS) is 11.5. The third-order valence-corrected chi connectivity index (χ3v) is 3.06. The lowest BCUT2D eigenvalue weighted by Gasteiger charge is -2.06. The Hall–Kier alpha value is -0.830. The first-order valence-corrected chi connectivity index (χ1v) is 6.09. The molecule has 0 aliphatic heterocycles. The summed E-state index contributed by atoms with van der Waals surface area (Å²) in [5.74, 6) is 0. The molecule has 0 atom stereocenters. The zero-order valence-corrected chi connectivity index (χ0v) is 10.9. The second-order valence-corrected chi connectivity index (χ2v) is 4.92. The molecule has 0 aliphatic carbocycles. The van der Waals surface area contributed by atoms with E-state index < -0.39 is 0 Å². The Morgan fingerprint density at radius 3 is 2.73 bits per heavy atom. The Labute approximate surface area is 98.4 Å². The summed E-state index contributed by atoms with van der Waals surface area (Å²) >= 11 is 3.51. The van der Waals surface area contributed by atoms with Crippen LogP contribution in [0.5, 0.6) is 0 Å². The van der Waals surface area contributed by atoms with Crippen molar-refractivity contribution in [2.75, 3.05) is 0 Å². The number of hydrogen-bond acceptors (Lipinski definition) is 1. The topological polar surface area (TPSA) is 17.8 Å². The summed E-state index contributed by atoms with van der Waals surface area (Å²) in [6, 6.07) is 6.77. The maximum Gasteiger partial charge on any atom is 0.0701 e. The Bertz CT molecular complexity index is 486. The minimum Gasteiger partial charge on any atom is -0.262 e. The van der Waals surface area contributed by atoms with Gasteiger partial charge in [0.25, 0.3) is 0 Å². The van der Waals surface area contributed by atoms with E-state index in [9.17, 15) is 0 Å². The summed E-state index contributed by atoms with van der Waals surface area (Å²) in [4.78, 5) is 0. The molecule has 0 saturated carbocycles. The first-order chi connectivity index (χ1) is 7.13. The van der Waals surface area contributed by atoms with Gasteiger partial charge in [-0.15, -0.1) is 0 Å². The highest BCUT2D eigenvalue weighted by molar-refractivity contribution is 9.10. The number of rotatable bonds is 2. The van der Waals surface area contributed by atoms with Gasteiger partial charge >= 0.3 is 0 Å². The van der Waals surface area contributed by atoms with Crippen LogP contribution in [0.15, 0.2) is 22.7 Å². The van der Waals surface area contributed by atoms with Crippen molar-refractivity contribution in [3.8, 4) is 0 Å². The van der Waals surface area contributed by atoms with E-state index in [1.807, 2.05) is 0 Å². The molecule has 0 spiro atoms. The molecule has 0 radical (unpaired) electrons. The van der Waals surface area contributed by atoms with Crippen LogP contribution in [-0.4, -0.2) is 9.78 Å². The van der Waals surface area contributed by atoms with Crippen molar-refractivity contribution in [1.29, 1.82) is 0 Å². The van der Waals surface area contributed by atoms with Crippen molar-refractivity contribution in [2.45, 2.75) is 33.2 Å². The van der Waals surface area contributed by atoms with Gasteiger partial charge in [0, 0.05) is 15.9 Å². The fourth-order valence-electron chi connectivity index (χ4n) is 1.83. The van der Waals surface area contributed by atoms with Crippen molar-refractivity contribution < 1.29 is 0 Å². The number of hydrogen-bond donors (Lipinski definition) is 0. The molecule has 0 N–H and O–H groups in total. The van der Waals surface area contributed by atoms with Crippen molar-refractivity contribution in [3.63, 3.8) is 0 Å². The smallest absolute Gasteiger partial charge is 0.0701 e. The molecule has 1 aromatic heterocycles. The van der Waals surface area contributed by atoms with Crippen LogP contribution in [0.25, 0.3) is 10.9 Å². The standard InChI is InChI=1S/C12H15BrN2/c1-4-11-10-7-9(13)5-6-12(10)15(14-11)8(2)3/h5-8H,4H2,1-3H3. The Kier molecular flexibility index (Phi) is 2.83. The van der Waals surface area contributed by atoms with Crippen LogP contribution in [0.4, 0.5) is 0 Å². The maximum absolute atomic E-state index is 4.64. The van der Waals surface area contributed by atoms with E-state index in [0.29, 0.717) is 6.04 Å². The van der Waals surface area contributed by atoms with Gasteiger partial charge in [0.1, 0.15) is 0 Å². The average Bonchev–Trinajstić information content (AvgIpc) is 2.55. The van der Waals surface area contributed by atoms with Gasteiger partial charge in [-0.05, 0) is 38.5 Å². The highest BCUT2D eigenvalue weighted by Crippen LogP contribution is 2.25. The van der Waals surface area contributed by atoms with E-state index in [4.69, 9.17) is 0 Å². The van der Waals surface area contributed by atoms with Crippen LogP contribution in [0, 0.1) is 0 Å². The van der Waals surface area contributed by atoms with Gasteiger partial charge in [-0.1, -0.05) is 22.9 Å². The number of fused-ring (bicyclic) bond motifs is 1. The summed E-state index contributed by atoms with van der Waals surface area (Å²) in [7, 11) is 0. The minimum absolute atomic E-state index is 0.411. The molecular weight excluding hydrogens is 252 g/mol. The lowest BCUT2D eigenvalue weighted by molar-refractivity contribution is 0.544. The van der Waals surface area contributed by atoms with Gasteiger partial charge in [-0.25, -0.2) is 0 Å². The van der Waals surface area contributed by atoms with Crippen LogP contribution < -0.4 is 0 Å². The van der Waals surface area contributed by atoms with Crippen molar-refractivity contribution >= 4 is 26.8 Å². The number of aryl methyl sites for hydroxylation is 1. The quantitative estimate of drug-likeness (QED) is 0.805. The molecule has 15 heavy (non-hydrogen) atoms. The van der Waals surface area contributed by atoms with Crippen LogP contribution >= 0.6 is 15.9 Å². The summed E-state index contributed by atoms with van der Waals surface area (Å²) in [6.45, 7) is 6.47. The zero-order valence-electron chi connectivity index (χ0n) is 9.29. The van der Waals surface area contributed by atoms with E-state index in [0.717, 1.165) is 10.9 Å². The van der Waals surface area contributed by atoms with Gasteiger partial charge in [-0.3, -0.25) is 4.68 Å². The van der Waals surface area contributed by atoms with Gasteiger partial charge in [0.15, 0.2) is 0 Å². The molecule has 2 nitrogen and oxygen atoms in total.